The lowest BCUT2D eigenvalue weighted by atomic mass is 10.2. The average molecular weight is 329 g/mol. The van der Waals surface area contributed by atoms with Crippen molar-refractivity contribution >= 4 is 27.3 Å². The number of sulfonamides is 1. The van der Waals surface area contributed by atoms with Gasteiger partial charge in [0.25, 0.3) is 10.0 Å². The van der Waals surface area contributed by atoms with Crippen molar-refractivity contribution in [1.82, 2.24) is 9.78 Å². The van der Waals surface area contributed by atoms with E-state index in [4.69, 9.17) is 17.3 Å². The van der Waals surface area contributed by atoms with Gasteiger partial charge in [-0.3, -0.25) is 9.40 Å². The molecule has 0 aliphatic heterocycles. The van der Waals surface area contributed by atoms with E-state index in [2.05, 4.69) is 9.82 Å². The predicted molar refractivity (Wildman–Crippen MR) is 82.9 cm³/mol. The SMILES string of the molecule is Cc1cccc(Cl)c1NS(=O)(=O)c1cnn(CCCN)c1. The number of para-hydroxylation sites is 1. The first-order chi connectivity index (χ1) is 9.94. The van der Waals surface area contributed by atoms with E-state index in [1.165, 1.54) is 12.4 Å². The Labute approximate surface area is 129 Å². The molecule has 0 aliphatic carbocycles. The van der Waals surface area contributed by atoms with Gasteiger partial charge in [0.1, 0.15) is 4.90 Å². The summed E-state index contributed by atoms with van der Waals surface area (Å²) in [5.41, 5.74) is 6.55. The lowest BCUT2D eigenvalue weighted by molar-refractivity contribution is 0.582. The molecule has 1 aromatic carbocycles. The molecule has 0 bridgehead atoms. The normalized spacial score (nSPS) is 11.6. The maximum Gasteiger partial charge on any atom is 0.265 e. The summed E-state index contributed by atoms with van der Waals surface area (Å²) < 4.78 is 28.7. The standard InChI is InChI=1S/C13H17ClN4O2S/c1-10-4-2-5-12(14)13(10)17-21(19,20)11-8-16-18(9-11)7-3-6-15/h2,4-5,8-9,17H,3,6-7,15H2,1H3. The van der Waals surface area contributed by atoms with Crippen LogP contribution in [0.2, 0.25) is 5.02 Å². The van der Waals surface area contributed by atoms with Crippen LogP contribution in [-0.4, -0.2) is 24.7 Å². The van der Waals surface area contributed by atoms with Gasteiger partial charge >= 0.3 is 0 Å². The van der Waals surface area contributed by atoms with Crippen LogP contribution >= 0.6 is 11.6 Å². The summed E-state index contributed by atoms with van der Waals surface area (Å²) >= 11 is 6.04. The molecule has 0 radical (unpaired) electrons. The minimum absolute atomic E-state index is 0.0961. The lowest BCUT2D eigenvalue weighted by Gasteiger charge is -2.10. The molecule has 2 rings (SSSR count). The Morgan fingerprint density at radius 2 is 2.19 bits per heavy atom. The van der Waals surface area contributed by atoms with E-state index < -0.39 is 10.0 Å². The van der Waals surface area contributed by atoms with Crippen LogP contribution in [0.3, 0.4) is 0 Å². The molecule has 6 nitrogen and oxygen atoms in total. The van der Waals surface area contributed by atoms with Gasteiger partial charge in [-0.15, -0.1) is 0 Å². The van der Waals surface area contributed by atoms with Gasteiger partial charge in [-0.25, -0.2) is 8.42 Å². The molecule has 1 aromatic heterocycles. The molecule has 1 heterocycles. The molecule has 0 spiro atoms. The number of aryl methyl sites for hydroxylation is 2. The monoisotopic (exact) mass is 328 g/mol. The van der Waals surface area contributed by atoms with Crippen LogP contribution in [0.15, 0.2) is 35.5 Å². The Hall–Kier alpha value is -1.57. The smallest absolute Gasteiger partial charge is 0.265 e. The van der Waals surface area contributed by atoms with Crippen LogP contribution in [0.25, 0.3) is 0 Å². The topological polar surface area (TPSA) is 90.0 Å². The van der Waals surface area contributed by atoms with Crippen LogP contribution in [-0.2, 0) is 16.6 Å². The summed E-state index contributed by atoms with van der Waals surface area (Å²) in [5, 5.41) is 4.37. The number of hydrogen-bond donors (Lipinski definition) is 2. The molecule has 0 saturated carbocycles. The molecule has 2 aromatic rings. The second-order valence-corrected chi connectivity index (χ2v) is 6.71. The number of rotatable bonds is 6. The van der Waals surface area contributed by atoms with Gasteiger partial charge < -0.3 is 5.73 Å². The van der Waals surface area contributed by atoms with E-state index in [0.29, 0.717) is 23.8 Å². The second kappa shape index (κ2) is 6.46. The Morgan fingerprint density at radius 1 is 1.43 bits per heavy atom. The van der Waals surface area contributed by atoms with Crippen LogP contribution in [0.5, 0.6) is 0 Å². The molecule has 0 aliphatic rings. The number of anilines is 1. The van der Waals surface area contributed by atoms with E-state index >= 15 is 0 Å². The minimum Gasteiger partial charge on any atom is -0.330 e. The third-order valence-corrected chi connectivity index (χ3v) is 4.59. The fourth-order valence-corrected chi connectivity index (χ4v) is 3.24. The van der Waals surface area contributed by atoms with Gasteiger partial charge in [0.15, 0.2) is 0 Å². The molecule has 0 unspecified atom stereocenters. The number of nitrogens with two attached hydrogens (primary N) is 1. The Balaban J connectivity index is 2.24. The third kappa shape index (κ3) is 3.75. The minimum atomic E-state index is -3.71. The molecular weight excluding hydrogens is 312 g/mol. The molecule has 8 heteroatoms. The van der Waals surface area contributed by atoms with E-state index in [0.717, 1.165) is 12.0 Å². The summed E-state index contributed by atoms with van der Waals surface area (Å²) in [6.45, 7) is 2.89. The molecule has 114 valence electrons. The van der Waals surface area contributed by atoms with Crippen molar-refractivity contribution in [2.75, 3.05) is 11.3 Å². The first-order valence-electron chi connectivity index (χ1n) is 6.44. The highest BCUT2D eigenvalue weighted by Crippen LogP contribution is 2.27. The fourth-order valence-electron chi connectivity index (χ4n) is 1.81. The van der Waals surface area contributed by atoms with E-state index in [1.807, 2.05) is 0 Å². The summed E-state index contributed by atoms with van der Waals surface area (Å²) in [7, 11) is -3.71. The van der Waals surface area contributed by atoms with E-state index in [9.17, 15) is 8.42 Å². The Morgan fingerprint density at radius 3 is 2.86 bits per heavy atom. The molecule has 3 N–H and O–H groups in total. The lowest BCUT2D eigenvalue weighted by Crippen LogP contribution is -2.13. The maximum atomic E-state index is 12.3. The number of benzene rings is 1. The fraction of sp³-hybridized carbons (Fsp3) is 0.308. The van der Waals surface area contributed by atoms with E-state index in [-0.39, 0.29) is 4.90 Å². The first-order valence-corrected chi connectivity index (χ1v) is 8.30. The van der Waals surface area contributed by atoms with Gasteiger partial charge in [0, 0.05) is 12.7 Å². The Bertz CT molecular complexity index is 707. The highest BCUT2D eigenvalue weighted by molar-refractivity contribution is 7.92. The van der Waals surface area contributed by atoms with Crippen molar-refractivity contribution < 1.29 is 8.42 Å². The summed E-state index contributed by atoms with van der Waals surface area (Å²) in [4.78, 5) is 0.0961. The maximum absolute atomic E-state index is 12.3. The summed E-state index contributed by atoms with van der Waals surface area (Å²) in [6.07, 6.45) is 3.52. The zero-order valence-electron chi connectivity index (χ0n) is 11.6. The number of aromatic nitrogens is 2. The van der Waals surface area contributed by atoms with E-state index in [1.54, 1.807) is 29.8 Å². The largest absolute Gasteiger partial charge is 0.330 e. The average Bonchev–Trinajstić information content (AvgIpc) is 2.90. The zero-order valence-corrected chi connectivity index (χ0v) is 13.2. The number of nitrogens with zero attached hydrogens (tertiary/aromatic N) is 2. The van der Waals surface area contributed by atoms with Crippen LogP contribution in [0.1, 0.15) is 12.0 Å². The van der Waals surface area contributed by atoms with Crippen LogP contribution in [0, 0.1) is 6.92 Å². The van der Waals surface area contributed by atoms with Crippen molar-refractivity contribution in [2.45, 2.75) is 24.8 Å². The zero-order chi connectivity index (χ0) is 15.5. The molecule has 21 heavy (non-hydrogen) atoms. The second-order valence-electron chi connectivity index (χ2n) is 4.62. The highest BCUT2D eigenvalue weighted by atomic mass is 35.5. The first kappa shape index (κ1) is 15.8. The Kier molecular flexibility index (Phi) is 4.87. The number of nitrogens with one attached hydrogen (secondary N) is 1. The number of hydrogen-bond acceptors (Lipinski definition) is 4. The van der Waals surface area contributed by atoms with Gasteiger partial charge in [-0.05, 0) is 31.5 Å². The summed E-state index contributed by atoms with van der Waals surface area (Å²) in [5.74, 6) is 0. The van der Waals surface area contributed by atoms with Gasteiger partial charge in [0.05, 0.1) is 16.9 Å². The van der Waals surface area contributed by atoms with Crippen molar-refractivity contribution in [3.05, 3.63) is 41.2 Å². The van der Waals surface area contributed by atoms with Gasteiger partial charge in [-0.1, -0.05) is 23.7 Å². The molecule has 0 amide bonds. The molecule has 0 atom stereocenters. The van der Waals surface area contributed by atoms with Gasteiger partial charge in [-0.2, -0.15) is 5.10 Å². The van der Waals surface area contributed by atoms with Crippen molar-refractivity contribution in [3.8, 4) is 0 Å². The van der Waals surface area contributed by atoms with Crippen molar-refractivity contribution in [1.29, 1.82) is 0 Å². The van der Waals surface area contributed by atoms with Crippen LogP contribution < -0.4 is 10.5 Å². The molecule has 0 fully saturated rings. The third-order valence-electron chi connectivity index (χ3n) is 2.97. The van der Waals surface area contributed by atoms with Gasteiger partial charge in [0.2, 0.25) is 0 Å². The number of halogens is 1. The summed E-state index contributed by atoms with van der Waals surface area (Å²) in [6, 6.07) is 5.19. The predicted octanol–water partition coefficient (Wildman–Crippen LogP) is 1.99. The highest BCUT2D eigenvalue weighted by Gasteiger charge is 2.19. The van der Waals surface area contributed by atoms with Crippen molar-refractivity contribution in [2.24, 2.45) is 5.73 Å². The quantitative estimate of drug-likeness (QED) is 0.848. The molecular formula is C13H17ClN4O2S. The molecule has 0 saturated heterocycles. The van der Waals surface area contributed by atoms with Crippen molar-refractivity contribution in [3.63, 3.8) is 0 Å². The van der Waals surface area contributed by atoms with Crippen LogP contribution in [0.4, 0.5) is 5.69 Å².